The second-order valence-electron chi connectivity index (χ2n) is 5.55. The van der Waals surface area contributed by atoms with E-state index in [1.54, 1.807) is 0 Å². The number of hydrogen-bond acceptors (Lipinski definition) is 1. The fourth-order valence-electron chi connectivity index (χ4n) is 3.00. The van der Waals surface area contributed by atoms with Gasteiger partial charge in [-0.05, 0) is 43.5 Å². The van der Waals surface area contributed by atoms with Crippen molar-refractivity contribution in [3.8, 4) is 0 Å². The van der Waals surface area contributed by atoms with E-state index in [9.17, 15) is 0 Å². The molecule has 0 saturated heterocycles. The SMILES string of the molecule is [Y].c1ccc2cc3c(cc2c1)[N-]c1cc2ccccc2cc1S3. The zero-order chi connectivity index (χ0) is 14.5. The molecule has 107 valence electrons. The Labute approximate surface area is 164 Å². The molecular formula is C20H12NSY-. The molecule has 0 N–H and O–H groups in total. The molecule has 0 atom stereocenters. The molecule has 0 amide bonds. The third kappa shape index (κ3) is 2.59. The largest absolute Gasteiger partial charge is 0.656 e. The first-order chi connectivity index (χ1) is 10.9. The molecule has 0 aliphatic carbocycles. The van der Waals surface area contributed by atoms with Crippen LogP contribution in [0.15, 0.2) is 82.6 Å². The van der Waals surface area contributed by atoms with E-state index in [1.807, 2.05) is 11.8 Å². The van der Waals surface area contributed by atoms with Crippen molar-refractivity contribution in [2.75, 3.05) is 0 Å². The summed E-state index contributed by atoms with van der Waals surface area (Å²) >= 11 is 1.82. The van der Waals surface area contributed by atoms with Crippen molar-refractivity contribution < 1.29 is 32.7 Å². The van der Waals surface area contributed by atoms with E-state index in [0.29, 0.717) is 0 Å². The number of rotatable bonds is 0. The molecule has 1 aliphatic rings. The van der Waals surface area contributed by atoms with Crippen LogP contribution in [0.3, 0.4) is 0 Å². The number of hydrogen-bond donors (Lipinski definition) is 0. The van der Waals surface area contributed by atoms with Crippen LogP contribution >= 0.6 is 11.8 Å². The second-order valence-corrected chi connectivity index (χ2v) is 6.63. The van der Waals surface area contributed by atoms with Crippen LogP contribution in [0.4, 0.5) is 11.4 Å². The van der Waals surface area contributed by atoms with Crippen molar-refractivity contribution in [2.24, 2.45) is 0 Å². The zero-order valence-electron chi connectivity index (χ0n) is 12.4. The third-order valence-electron chi connectivity index (χ3n) is 4.12. The van der Waals surface area contributed by atoms with Crippen LogP contribution in [0.1, 0.15) is 0 Å². The Morgan fingerprint density at radius 1 is 0.565 bits per heavy atom. The van der Waals surface area contributed by atoms with Crippen LogP contribution in [0.2, 0.25) is 0 Å². The van der Waals surface area contributed by atoms with Crippen LogP contribution in [0, 0.1) is 0 Å². The molecule has 23 heavy (non-hydrogen) atoms. The smallest absolute Gasteiger partial charge is 0 e. The maximum atomic E-state index is 4.89. The first-order valence-corrected chi connectivity index (χ1v) is 8.14. The molecule has 5 rings (SSSR count). The van der Waals surface area contributed by atoms with Gasteiger partial charge in [0.05, 0.1) is 0 Å². The standard InChI is InChI=1S/C20H12NS.Y/c1-3-7-15-11-19-17(9-13(15)5-1)21-18-10-14-6-2-4-8-16(14)12-20(18)22-19;/h1-12H;/q-1;. The maximum absolute atomic E-state index is 4.89. The summed E-state index contributed by atoms with van der Waals surface area (Å²) in [5, 5.41) is 9.92. The summed E-state index contributed by atoms with van der Waals surface area (Å²) in [5.74, 6) is 0. The molecule has 1 nitrogen and oxygen atoms in total. The Morgan fingerprint density at radius 2 is 0.957 bits per heavy atom. The van der Waals surface area contributed by atoms with Crippen LogP contribution < -0.4 is 0 Å². The first-order valence-electron chi connectivity index (χ1n) is 7.32. The Hall–Kier alpha value is -1.35. The van der Waals surface area contributed by atoms with Gasteiger partial charge in [0.2, 0.25) is 0 Å². The summed E-state index contributed by atoms with van der Waals surface area (Å²) in [6, 6.07) is 25.8. The Balaban J connectivity index is 0.00000135. The predicted octanol–water partition coefficient (Wildman–Crippen LogP) is 6.79. The fourth-order valence-corrected chi connectivity index (χ4v) is 4.03. The first kappa shape index (κ1) is 15.2. The van der Waals surface area contributed by atoms with Gasteiger partial charge in [0, 0.05) is 32.7 Å². The Morgan fingerprint density at radius 3 is 1.39 bits per heavy atom. The Kier molecular flexibility index (Phi) is 3.92. The summed E-state index contributed by atoms with van der Waals surface area (Å²) < 4.78 is 0. The molecule has 0 saturated carbocycles. The Bertz CT molecular complexity index is 876. The topological polar surface area (TPSA) is 14.1 Å². The summed E-state index contributed by atoms with van der Waals surface area (Å²) in [4.78, 5) is 2.47. The average Bonchev–Trinajstić information content (AvgIpc) is 2.56. The molecule has 1 aliphatic heterocycles. The van der Waals surface area contributed by atoms with E-state index in [4.69, 9.17) is 5.32 Å². The molecule has 1 heterocycles. The van der Waals surface area contributed by atoms with Gasteiger partial charge in [-0.25, -0.2) is 0 Å². The van der Waals surface area contributed by atoms with Crippen molar-refractivity contribution in [1.29, 1.82) is 0 Å². The van der Waals surface area contributed by atoms with Crippen molar-refractivity contribution in [3.05, 3.63) is 78.1 Å². The maximum Gasteiger partial charge on any atom is 0 e. The molecule has 0 bridgehead atoms. The summed E-state index contributed by atoms with van der Waals surface area (Å²) in [6.45, 7) is 0. The van der Waals surface area contributed by atoms with Crippen LogP contribution in [0.25, 0.3) is 26.9 Å². The molecule has 4 aromatic carbocycles. The summed E-state index contributed by atoms with van der Waals surface area (Å²) in [5.41, 5.74) is 2.15. The zero-order valence-corrected chi connectivity index (χ0v) is 16.0. The quantitative estimate of drug-likeness (QED) is 0.285. The van der Waals surface area contributed by atoms with Gasteiger partial charge < -0.3 is 5.32 Å². The summed E-state index contributed by atoms with van der Waals surface area (Å²) in [6.07, 6.45) is 0. The minimum absolute atomic E-state index is 0. The van der Waals surface area contributed by atoms with E-state index < -0.39 is 0 Å². The normalized spacial score (nSPS) is 12.2. The van der Waals surface area contributed by atoms with Gasteiger partial charge in [-0.3, -0.25) is 0 Å². The van der Waals surface area contributed by atoms with E-state index in [2.05, 4.69) is 72.8 Å². The van der Waals surface area contributed by atoms with E-state index in [-0.39, 0.29) is 32.7 Å². The van der Waals surface area contributed by atoms with Crippen LogP contribution in [0.5, 0.6) is 0 Å². The van der Waals surface area contributed by atoms with Gasteiger partial charge in [-0.15, -0.1) is 11.4 Å². The van der Waals surface area contributed by atoms with Gasteiger partial charge in [0.1, 0.15) is 0 Å². The van der Waals surface area contributed by atoms with E-state index >= 15 is 0 Å². The average molecular weight is 387 g/mol. The monoisotopic (exact) mass is 387 g/mol. The van der Waals surface area contributed by atoms with Gasteiger partial charge in [-0.1, -0.05) is 72.4 Å². The predicted molar refractivity (Wildman–Crippen MR) is 94.7 cm³/mol. The number of nitrogens with zero attached hydrogens (tertiary/aromatic N) is 1. The van der Waals surface area contributed by atoms with Gasteiger partial charge >= 0.3 is 0 Å². The molecular weight excluding hydrogens is 375 g/mol. The molecule has 1 radical (unpaired) electrons. The van der Waals surface area contributed by atoms with Crippen molar-refractivity contribution in [1.82, 2.24) is 0 Å². The van der Waals surface area contributed by atoms with E-state index in [0.717, 1.165) is 11.4 Å². The fraction of sp³-hybridized carbons (Fsp3) is 0. The van der Waals surface area contributed by atoms with Crippen LogP contribution in [-0.2, 0) is 32.7 Å². The van der Waals surface area contributed by atoms with Gasteiger partial charge in [0.15, 0.2) is 0 Å². The third-order valence-corrected chi connectivity index (χ3v) is 5.21. The number of fused-ring (bicyclic) bond motifs is 4. The van der Waals surface area contributed by atoms with Crippen LogP contribution in [-0.4, -0.2) is 0 Å². The minimum Gasteiger partial charge on any atom is -0.656 e. The molecule has 4 aromatic rings. The molecule has 0 aromatic heterocycles. The van der Waals surface area contributed by atoms with Gasteiger partial charge in [0.25, 0.3) is 0 Å². The number of benzene rings is 4. The van der Waals surface area contributed by atoms with Gasteiger partial charge in [-0.2, -0.15) is 0 Å². The van der Waals surface area contributed by atoms with E-state index in [1.165, 1.54) is 31.3 Å². The minimum atomic E-state index is 0. The van der Waals surface area contributed by atoms with Crippen molar-refractivity contribution in [3.63, 3.8) is 0 Å². The summed E-state index contributed by atoms with van der Waals surface area (Å²) in [7, 11) is 0. The molecule has 0 spiro atoms. The molecule has 0 fully saturated rings. The molecule has 3 heteroatoms. The molecule has 0 unspecified atom stereocenters. The second kappa shape index (κ2) is 5.94. The van der Waals surface area contributed by atoms with Crippen molar-refractivity contribution >= 4 is 44.7 Å². The van der Waals surface area contributed by atoms with Crippen molar-refractivity contribution in [2.45, 2.75) is 9.79 Å².